The van der Waals surface area contributed by atoms with Crippen molar-refractivity contribution in [2.24, 2.45) is 11.8 Å². The molecule has 92 valence electrons. The number of aromatic amines is 1. The molecule has 3 rings (SSSR count). The van der Waals surface area contributed by atoms with Gasteiger partial charge in [0.25, 0.3) is 0 Å². The monoisotopic (exact) mass is 239 g/mol. The van der Waals surface area contributed by atoms with Gasteiger partial charge in [0.2, 0.25) is 0 Å². The van der Waals surface area contributed by atoms with E-state index in [1.54, 1.807) is 0 Å². The van der Waals surface area contributed by atoms with Crippen LogP contribution >= 0.6 is 0 Å². The van der Waals surface area contributed by atoms with E-state index in [1.807, 2.05) is 0 Å². The summed E-state index contributed by atoms with van der Waals surface area (Å²) in [6.07, 6.45) is 8.78. The summed E-state index contributed by atoms with van der Waals surface area (Å²) in [5.74, 6) is 4.60. The highest BCUT2D eigenvalue weighted by molar-refractivity contribution is 5.73. The SMILES string of the molecule is C#Cc1nc2nc3c(cc2[nH]1)CC(C(C)C)CC3. The Balaban J connectivity index is 2.05. The molecule has 0 aliphatic heterocycles. The molecule has 2 aromatic heterocycles. The van der Waals surface area contributed by atoms with E-state index in [4.69, 9.17) is 6.42 Å². The van der Waals surface area contributed by atoms with Gasteiger partial charge in [-0.05, 0) is 48.6 Å². The number of aryl methyl sites for hydroxylation is 1. The molecule has 2 heterocycles. The number of fused-ring (bicyclic) bond motifs is 2. The first kappa shape index (κ1) is 11.3. The second kappa shape index (κ2) is 4.13. The minimum Gasteiger partial charge on any atom is -0.330 e. The molecule has 0 spiro atoms. The molecule has 0 radical (unpaired) electrons. The summed E-state index contributed by atoms with van der Waals surface area (Å²) in [7, 11) is 0. The van der Waals surface area contributed by atoms with Crippen molar-refractivity contribution < 1.29 is 0 Å². The molecule has 1 aliphatic rings. The largest absolute Gasteiger partial charge is 0.330 e. The number of rotatable bonds is 1. The van der Waals surface area contributed by atoms with Crippen molar-refractivity contribution in [2.45, 2.75) is 33.1 Å². The van der Waals surface area contributed by atoms with E-state index in [2.05, 4.69) is 40.8 Å². The second-order valence-corrected chi connectivity index (χ2v) is 5.44. The molecule has 2 aromatic rings. The first-order valence-corrected chi connectivity index (χ1v) is 6.52. The van der Waals surface area contributed by atoms with Gasteiger partial charge < -0.3 is 4.98 Å². The summed E-state index contributed by atoms with van der Waals surface area (Å²) in [5.41, 5.74) is 4.28. The van der Waals surface area contributed by atoms with Crippen LogP contribution in [0.25, 0.3) is 11.2 Å². The van der Waals surface area contributed by atoms with Gasteiger partial charge in [-0.2, -0.15) is 0 Å². The van der Waals surface area contributed by atoms with Crippen LogP contribution < -0.4 is 0 Å². The zero-order chi connectivity index (χ0) is 12.7. The van der Waals surface area contributed by atoms with Crippen LogP contribution in [-0.4, -0.2) is 15.0 Å². The maximum Gasteiger partial charge on any atom is 0.185 e. The maximum atomic E-state index is 5.36. The van der Waals surface area contributed by atoms with E-state index in [0.717, 1.165) is 35.8 Å². The Bertz CT molecular complexity index is 631. The Labute approximate surface area is 107 Å². The first-order chi connectivity index (χ1) is 8.67. The Morgan fingerprint density at radius 2 is 2.28 bits per heavy atom. The van der Waals surface area contributed by atoms with E-state index >= 15 is 0 Å². The van der Waals surface area contributed by atoms with E-state index in [1.165, 1.54) is 17.7 Å². The van der Waals surface area contributed by atoms with Crippen LogP contribution in [-0.2, 0) is 12.8 Å². The molecule has 18 heavy (non-hydrogen) atoms. The summed E-state index contributed by atoms with van der Waals surface area (Å²) < 4.78 is 0. The lowest BCUT2D eigenvalue weighted by Crippen LogP contribution is -2.19. The quantitative estimate of drug-likeness (QED) is 0.777. The fraction of sp³-hybridized carbons (Fsp3) is 0.467. The van der Waals surface area contributed by atoms with Crippen LogP contribution in [0.5, 0.6) is 0 Å². The Hall–Kier alpha value is -1.82. The summed E-state index contributed by atoms with van der Waals surface area (Å²) in [6.45, 7) is 4.60. The molecule has 0 amide bonds. The highest BCUT2D eigenvalue weighted by atomic mass is 15.0. The van der Waals surface area contributed by atoms with Gasteiger partial charge in [-0.3, -0.25) is 0 Å². The first-order valence-electron chi connectivity index (χ1n) is 6.52. The third-order valence-corrected chi connectivity index (χ3v) is 3.96. The van der Waals surface area contributed by atoms with Gasteiger partial charge in [0, 0.05) is 5.69 Å². The van der Waals surface area contributed by atoms with Gasteiger partial charge in [0.15, 0.2) is 11.5 Å². The van der Waals surface area contributed by atoms with Crippen LogP contribution in [0.2, 0.25) is 0 Å². The number of hydrogen-bond acceptors (Lipinski definition) is 2. The lowest BCUT2D eigenvalue weighted by atomic mass is 9.80. The van der Waals surface area contributed by atoms with Crippen molar-refractivity contribution in [3.05, 3.63) is 23.1 Å². The molecule has 0 saturated carbocycles. The Morgan fingerprint density at radius 1 is 1.44 bits per heavy atom. The fourth-order valence-electron chi connectivity index (χ4n) is 2.76. The molecule has 0 aromatic carbocycles. The van der Waals surface area contributed by atoms with Crippen LogP contribution in [0.15, 0.2) is 6.07 Å². The summed E-state index contributed by atoms with van der Waals surface area (Å²) >= 11 is 0. The number of nitrogens with one attached hydrogen (secondary N) is 1. The van der Waals surface area contributed by atoms with Gasteiger partial charge >= 0.3 is 0 Å². The zero-order valence-corrected chi connectivity index (χ0v) is 10.8. The van der Waals surface area contributed by atoms with Crippen molar-refractivity contribution in [3.63, 3.8) is 0 Å². The van der Waals surface area contributed by atoms with Crippen LogP contribution in [0.3, 0.4) is 0 Å². The standard InChI is InChI=1S/C15H17N3/c1-4-14-16-13-8-11-7-10(9(2)3)5-6-12(11)17-15(13)18-14/h1,8-10H,5-7H2,2-3H3,(H,16,17,18). The number of pyridine rings is 1. The molecule has 1 atom stereocenters. The lowest BCUT2D eigenvalue weighted by molar-refractivity contribution is 0.340. The van der Waals surface area contributed by atoms with Crippen LogP contribution in [0.4, 0.5) is 0 Å². The Kier molecular flexibility index (Phi) is 2.59. The van der Waals surface area contributed by atoms with E-state index in [9.17, 15) is 0 Å². The number of hydrogen-bond donors (Lipinski definition) is 1. The molecule has 0 fully saturated rings. The van der Waals surface area contributed by atoms with Crippen LogP contribution in [0, 0.1) is 24.2 Å². The normalized spacial score (nSPS) is 18.9. The topological polar surface area (TPSA) is 41.6 Å². The molecule has 3 heteroatoms. The number of aromatic nitrogens is 3. The molecule has 0 bridgehead atoms. The summed E-state index contributed by atoms with van der Waals surface area (Å²) in [5, 5.41) is 0. The predicted molar refractivity (Wildman–Crippen MR) is 72.2 cm³/mol. The summed E-state index contributed by atoms with van der Waals surface area (Å²) in [4.78, 5) is 12.1. The van der Waals surface area contributed by atoms with Crippen molar-refractivity contribution in [3.8, 4) is 12.3 Å². The smallest absolute Gasteiger partial charge is 0.185 e. The van der Waals surface area contributed by atoms with Crippen molar-refractivity contribution in [2.75, 3.05) is 0 Å². The van der Waals surface area contributed by atoms with Gasteiger partial charge in [0.05, 0.1) is 5.52 Å². The van der Waals surface area contributed by atoms with E-state index in [-0.39, 0.29) is 0 Å². The predicted octanol–water partition coefficient (Wildman–Crippen LogP) is 2.70. The van der Waals surface area contributed by atoms with Gasteiger partial charge in [0.1, 0.15) is 0 Å². The average Bonchev–Trinajstić information content (AvgIpc) is 2.76. The molecular weight excluding hydrogens is 222 g/mol. The number of terminal acetylenes is 1. The number of H-pyrrole nitrogens is 1. The van der Waals surface area contributed by atoms with Crippen LogP contribution in [0.1, 0.15) is 37.4 Å². The van der Waals surface area contributed by atoms with Gasteiger partial charge in [-0.1, -0.05) is 13.8 Å². The highest BCUT2D eigenvalue weighted by Crippen LogP contribution is 2.30. The van der Waals surface area contributed by atoms with Crippen molar-refractivity contribution in [1.82, 2.24) is 15.0 Å². The third kappa shape index (κ3) is 1.78. The second-order valence-electron chi connectivity index (χ2n) is 5.44. The van der Waals surface area contributed by atoms with E-state index < -0.39 is 0 Å². The number of imidazole rings is 1. The minimum atomic E-state index is 0.570. The number of nitrogens with zero attached hydrogens (tertiary/aromatic N) is 2. The van der Waals surface area contributed by atoms with E-state index in [0.29, 0.717) is 5.82 Å². The molecule has 3 nitrogen and oxygen atoms in total. The zero-order valence-electron chi connectivity index (χ0n) is 10.8. The fourth-order valence-corrected chi connectivity index (χ4v) is 2.76. The maximum absolute atomic E-state index is 5.36. The average molecular weight is 239 g/mol. The van der Waals surface area contributed by atoms with Gasteiger partial charge in [-0.25, -0.2) is 9.97 Å². The minimum absolute atomic E-state index is 0.570. The highest BCUT2D eigenvalue weighted by Gasteiger charge is 2.23. The molecule has 1 aliphatic carbocycles. The van der Waals surface area contributed by atoms with Crippen molar-refractivity contribution in [1.29, 1.82) is 0 Å². The molecule has 1 N–H and O–H groups in total. The molecule has 1 unspecified atom stereocenters. The molecular formula is C15H17N3. The third-order valence-electron chi connectivity index (χ3n) is 3.96. The molecule has 0 saturated heterocycles. The Morgan fingerprint density at radius 3 is 3.00 bits per heavy atom. The summed E-state index contributed by atoms with van der Waals surface area (Å²) in [6, 6.07) is 2.18. The van der Waals surface area contributed by atoms with Gasteiger partial charge in [-0.15, -0.1) is 6.42 Å². The van der Waals surface area contributed by atoms with Crippen molar-refractivity contribution >= 4 is 11.2 Å². The lowest BCUT2D eigenvalue weighted by Gasteiger charge is -2.26.